The van der Waals surface area contributed by atoms with Crippen molar-refractivity contribution in [2.24, 2.45) is 5.92 Å². The molecule has 0 spiro atoms. The van der Waals surface area contributed by atoms with E-state index in [0.717, 1.165) is 33.2 Å². The number of rotatable bonds is 10. The molecule has 0 amide bonds. The minimum absolute atomic E-state index is 0.0686. The Morgan fingerprint density at radius 3 is 2.67 bits per heavy atom. The van der Waals surface area contributed by atoms with Crippen molar-refractivity contribution in [3.63, 3.8) is 0 Å². The molecule has 0 saturated heterocycles. The van der Waals surface area contributed by atoms with Gasteiger partial charge in [0, 0.05) is 30.5 Å². The number of ether oxygens (including phenoxy) is 2. The fourth-order valence-corrected chi connectivity index (χ4v) is 3.61. The van der Waals surface area contributed by atoms with Crippen molar-refractivity contribution in [2.45, 2.75) is 33.3 Å². The number of aliphatic hydroxyl groups excluding tert-OH is 1. The monoisotopic (exact) mass is 445 g/mol. The summed E-state index contributed by atoms with van der Waals surface area (Å²) in [6.07, 6.45) is 3.93. The van der Waals surface area contributed by atoms with E-state index in [-0.39, 0.29) is 25.1 Å². The largest absolute Gasteiger partial charge is 0.491 e. The molecule has 33 heavy (non-hydrogen) atoms. The molecular weight excluding hydrogens is 414 g/mol. The van der Waals surface area contributed by atoms with Gasteiger partial charge in [-0.15, -0.1) is 0 Å². The van der Waals surface area contributed by atoms with Gasteiger partial charge in [-0.1, -0.05) is 56.8 Å². The molecule has 1 atom stereocenters. The van der Waals surface area contributed by atoms with Gasteiger partial charge in [-0.2, -0.15) is 0 Å². The Balaban J connectivity index is 1.97. The van der Waals surface area contributed by atoms with Crippen LogP contribution in [-0.4, -0.2) is 29.3 Å². The number of esters is 1. The molecule has 0 aliphatic heterocycles. The SMILES string of the molecule is C=C(/C(=C/C[C@@H](OC(C)=O)c1cccc(OCCO)c1)c1cnc2ccccc2c1)C(C)C. The summed E-state index contributed by atoms with van der Waals surface area (Å²) in [5.74, 6) is 0.505. The van der Waals surface area contributed by atoms with Crippen molar-refractivity contribution in [3.8, 4) is 5.75 Å². The van der Waals surface area contributed by atoms with Gasteiger partial charge >= 0.3 is 5.97 Å². The molecule has 172 valence electrons. The second-order valence-electron chi connectivity index (χ2n) is 8.19. The molecule has 0 bridgehead atoms. The molecule has 5 nitrogen and oxygen atoms in total. The third-order valence-corrected chi connectivity index (χ3v) is 5.38. The maximum absolute atomic E-state index is 11.9. The summed E-state index contributed by atoms with van der Waals surface area (Å²) in [7, 11) is 0. The highest BCUT2D eigenvalue weighted by Gasteiger charge is 2.17. The molecule has 0 aliphatic rings. The Morgan fingerprint density at radius 2 is 1.94 bits per heavy atom. The van der Waals surface area contributed by atoms with Gasteiger partial charge in [0.05, 0.1) is 12.1 Å². The maximum Gasteiger partial charge on any atom is 0.303 e. The van der Waals surface area contributed by atoms with Crippen LogP contribution in [0.4, 0.5) is 0 Å². The molecule has 1 heterocycles. The van der Waals surface area contributed by atoms with Crippen LogP contribution in [0.25, 0.3) is 16.5 Å². The first-order chi connectivity index (χ1) is 15.9. The predicted octanol–water partition coefficient (Wildman–Crippen LogP) is 5.90. The normalized spacial score (nSPS) is 12.6. The lowest BCUT2D eigenvalue weighted by Crippen LogP contribution is -2.09. The topological polar surface area (TPSA) is 68.7 Å². The first kappa shape index (κ1) is 24.2. The van der Waals surface area contributed by atoms with Crippen LogP contribution in [0.3, 0.4) is 0 Å². The van der Waals surface area contributed by atoms with E-state index >= 15 is 0 Å². The molecule has 1 aromatic heterocycles. The van der Waals surface area contributed by atoms with Gasteiger partial charge in [-0.25, -0.2) is 0 Å². The van der Waals surface area contributed by atoms with E-state index in [9.17, 15) is 4.79 Å². The van der Waals surface area contributed by atoms with Gasteiger partial charge in [0.25, 0.3) is 0 Å². The highest BCUT2D eigenvalue weighted by molar-refractivity contribution is 5.86. The van der Waals surface area contributed by atoms with Crippen molar-refractivity contribution < 1.29 is 19.4 Å². The smallest absolute Gasteiger partial charge is 0.303 e. The zero-order valence-electron chi connectivity index (χ0n) is 19.5. The molecule has 3 rings (SSSR count). The van der Waals surface area contributed by atoms with Gasteiger partial charge in [0.15, 0.2) is 0 Å². The number of para-hydroxylation sites is 1. The number of allylic oxidation sites excluding steroid dienone is 2. The minimum atomic E-state index is -0.483. The van der Waals surface area contributed by atoms with Gasteiger partial charge in [0.2, 0.25) is 0 Å². The third-order valence-electron chi connectivity index (χ3n) is 5.38. The Kier molecular flexibility index (Phi) is 8.39. The van der Waals surface area contributed by atoms with E-state index in [2.05, 4.69) is 37.6 Å². The maximum atomic E-state index is 11.9. The Labute approximate surface area is 195 Å². The number of benzene rings is 2. The first-order valence-electron chi connectivity index (χ1n) is 11.1. The van der Waals surface area contributed by atoms with Crippen LogP contribution in [-0.2, 0) is 9.53 Å². The standard InChI is InChI=1S/C28H31NO4/c1-19(2)20(3)26(24-16-22-8-5-6-11-27(22)29-18-24)12-13-28(33-21(4)31)23-9-7-10-25(17-23)32-15-14-30/h5-12,16-19,28,30H,3,13-15H2,1-2,4H3/b26-12-/t28-/m1/s1. The van der Waals surface area contributed by atoms with Crippen LogP contribution in [0, 0.1) is 5.92 Å². The lowest BCUT2D eigenvalue weighted by atomic mass is 9.90. The molecule has 1 N–H and O–H groups in total. The van der Waals surface area contributed by atoms with Gasteiger partial charge in [-0.05, 0) is 46.9 Å². The predicted molar refractivity (Wildman–Crippen MR) is 132 cm³/mol. The number of carbonyl (C=O) groups is 1. The first-order valence-corrected chi connectivity index (χ1v) is 11.1. The molecule has 0 fully saturated rings. The van der Waals surface area contributed by atoms with Crippen LogP contribution >= 0.6 is 0 Å². The molecule has 0 saturated carbocycles. The van der Waals surface area contributed by atoms with Crippen LogP contribution in [0.2, 0.25) is 0 Å². The second-order valence-corrected chi connectivity index (χ2v) is 8.19. The van der Waals surface area contributed by atoms with Crippen LogP contribution < -0.4 is 4.74 Å². The molecule has 5 heteroatoms. The van der Waals surface area contributed by atoms with Crippen LogP contribution in [0.1, 0.15) is 44.4 Å². The summed E-state index contributed by atoms with van der Waals surface area (Å²) in [5.41, 5.74) is 4.73. The lowest BCUT2D eigenvalue weighted by molar-refractivity contribution is -0.146. The zero-order valence-corrected chi connectivity index (χ0v) is 19.5. The summed E-state index contributed by atoms with van der Waals surface area (Å²) in [4.78, 5) is 16.5. The average Bonchev–Trinajstić information content (AvgIpc) is 2.81. The summed E-state index contributed by atoms with van der Waals surface area (Å²) in [5, 5.41) is 10.1. The number of hydrogen-bond donors (Lipinski definition) is 1. The van der Waals surface area contributed by atoms with E-state index in [0.29, 0.717) is 12.2 Å². The lowest BCUT2D eigenvalue weighted by Gasteiger charge is -2.19. The Bertz CT molecular complexity index is 1150. The number of hydrogen-bond acceptors (Lipinski definition) is 5. The zero-order chi connectivity index (χ0) is 23.8. The second kappa shape index (κ2) is 11.4. The van der Waals surface area contributed by atoms with Gasteiger partial charge in [-0.3, -0.25) is 9.78 Å². The summed E-state index contributed by atoms with van der Waals surface area (Å²) < 4.78 is 11.2. The molecule has 0 radical (unpaired) electrons. The number of aliphatic hydroxyl groups is 1. The summed E-state index contributed by atoms with van der Waals surface area (Å²) in [6.45, 7) is 10.1. The number of aromatic nitrogens is 1. The Hall–Kier alpha value is -3.44. The van der Waals surface area contributed by atoms with E-state index in [1.165, 1.54) is 6.92 Å². The molecule has 0 aliphatic carbocycles. The van der Waals surface area contributed by atoms with E-state index in [1.54, 1.807) is 0 Å². The fraction of sp³-hybridized carbons (Fsp3) is 0.286. The summed E-state index contributed by atoms with van der Waals surface area (Å²) >= 11 is 0. The highest BCUT2D eigenvalue weighted by atomic mass is 16.5. The number of carbonyl (C=O) groups excluding carboxylic acids is 1. The third kappa shape index (κ3) is 6.53. The van der Waals surface area contributed by atoms with E-state index < -0.39 is 6.10 Å². The minimum Gasteiger partial charge on any atom is -0.491 e. The number of nitrogens with zero attached hydrogens (tertiary/aromatic N) is 1. The van der Waals surface area contributed by atoms with Crippen molar-refractivity contribution in [2.75, 3.05) is 13.2 Å². The van der Waals surface area contributed by atoms with Crippen LogP contribution in [0.15, 0.2) is 79.0 Å². The Morgan fingerprint density at radius 1 is 1.15 bits per heavy atom. The van der Waals surface area contributed by atoms with Gasteiger partial charge < -0.3 is 14.6 Å². The molecular formula is C28H31NO4. The van der Waals surface area contributed by atoms with Gasteiger partial charge in [0.1, 0.15) is 18.5 Å². The molecule has 3 aromatic rings. The highest BCUT2D eigenvalue weighted by Crippen LogP contribution is 2.32. The van der Waals surface area contributed by atoms with Crippen molar-refractivity contribution >= 4 is 22.4 Å². The number of pyridine rings is 1. The molecule has 0 unspecified atom stereocenters. The summed E-state index contributed by atoms with van der Waals surface area (Å²) in [6, 6.07) is 17.5. The molecule has 2 aromatic carbocycles. The quantitative estimate of drug-likeness (QED) is 0.311. The van der Waals surface area contributed by atoms with E-state index in [4.69, 9.17) is 14.6 Å². The van der Waals surface area contributed by atoms with Crippen LogP contribution in [0.5, 0.6) is 5.75 Å². The van der Waals surface area contributed by atoms with Crippen molar-refractivity contribution in [1.82, 2.24) is 4.98 Å². The fourth-order valence-electron chi connectivity index (χ4n) is 3.61. The van der Waals surface area contributed by atoms with Crippen molar-refractivity contribution in [1.29, 1.82) is 0 Å². The average molecular weight is 446 g/mol. The number of fused-ring (bicyclic) bond motifs is 1. The van der Waals surface area contributed by atoms with E-state index in [1.807, 2.05) is 54.7 Å². The van der Waals surface area contributed by atoms with Crippen molar-refractivity contribution in [3.05, 3.63) is 90.1 Å².